The molecule has 192 valence electrons. The first kappa shape index (κ1) is 26.7. The molecule has 2 heterocycles. The molecule has 8 nitrogen and oxygen atoms in total. The van der Waals surface area contributed by atoms with Crippen LogP contribution in [0.3, 0.4) is 0 Å². The van der Waals surface area contributed by atoms with Crippen LogP contribution in [0.15, 0.2) is 35.5 Å². The van der Waals surface area contributed by atoms with Crippen molar-refractivity contribution in [1.29, 1.82) is 0 Å². The summed E-state index contributed by atoms with van der Waals surface area (Å²) in [4.78, 5) is 42.3. The maximum Gasteiger partial charge on any atom is 0.338 e. The number of piperidine rings is 1. The lowest BCUT2D eigenvalue weighted by molar-refractivity contribution is -0.149. The summed E-state index contributed by atoms with van der Waals surface area (Å²) < 4.78 is 10.7. The predicted molar refractivity (Wildman–Crippen MR) is 134 cm³/mol. The van der Waals surface area contributed by atoms with Crippen LogP contribution in [0.25, 0.3) is 0 Å². The lowest BCUT2D eigenvalue weighted by atomic mass is 9.91. The van der Waals surface area contributed by atoms with E-state index in [2.05, 4.69) is 24.1 Å². The molecule has 0 spiro atoms. The average Bonchev–Trinajstić information content (AvgIpc) is 2.84. The maximum atomic E-state index is 13.3. The molecule has 0 unspecified atom stereocenters. The largest absolute Gasteiger partial charge is 0.466 e. The first-order valence-corrected chi connectivity index (χ1v) is 12.8. The van der Waals surface area contributed by atoms with E-state index in [1.165, 1.54) is 5.56 Å². The molecule has 1 atom stereocenters. The minimum absolute atomic E-state index is 0.103. The van der Waals surface area contributed by atoms with E-state index < -0.39 is 12.0 Å². The van der Waals surface area contributed by atoms with Crippen LogP contribution in [0, 0.1) is 5.92 Å². The van der Waals surface area contributed by atoms with Gasteiger partial charge in [-0.25, -0.2) is 9.59 Å². The molecular formula is C27H39N3O5. The zero-order valence-electron chi connectivity index (χ0n) is 21.6. The van der Waals surface area contributed by atoms with Crippen molar-refractivity contribution in [1.82, 2.24) is 15.1 Å². The first-order chi connectivity index (χ1) is 16.8. The highest BCUT2D eigenvalue weighted by molar-refractivity contribution is 5.95. The standard InChI is InChI=1S/C27H39N3O5/c1-6-30-22(17-29-15-13-21(14-16-29)25(31)34-7-2)23(26(32)35-8-3)24(28-27(30)33)20-11-9-19(10-12-20)18(4)5/h9-12,18,21,24H,6-8,13-17H2,1-5H3,(H,28,33)/t24-/m0/s1. The molecule has 0 saturated carbocycles. The smallest absolute Gasteiger partial charge is 0.338 e. The monoisotopic (exact) mass is 485 g/mol. The molecule has 35 heavy (non-hydrogen) atoms. The minimum atomic E-state index is -0.586. The van der Waals surface area contributed by atoms with Gasteiger partial charge in [-0.2, -0.15) is 0 Å². The Morgan fingerprint density at radius 1 is 1.03 bits per heavy atom. The van der Waals surface area contributed by atoms with Crippen molar-refractivity contribution in [2.75, 3.05) is 39.4 Å². The summed E-state index contributed by atoms with van der Waals surface area (Å²) in [6, 6.07) is 7.22. The third kappa shape index (κ3) is 6.23. The van der Waals surface area contributed by atoms with Crippen molar-refractivity contribution in [3.05, 3.63) is 46.7 Å². The van der Waals surface area contributed by atoms with Crippen molar-refractivity contribution >= 4 is 18.0 Å². The molecule has 1 aromatic carbocycles. The van der Waals surface area contributed by atoms with Crippen LogP contribution < -0.4 is 5.32 Å². The van der Waals surface area contributed by atoms with Gasteiger partial charge in [0.05, 0.1) is 30.7 Å². The number of likely N-dealkylation sites (tertiary alicyclic amines) is 1. The number of rotatable bonds is 9. The van der Waals surface area contributed by atoms with Gasteiger partial charge in [0.1, 0.15) is 0 Å². The van der Waals surface area contributed by atoms with Gasteiger partial charge in [0.15, 0.2) is 0 Å². The van der Waals surface area contributed by atoms with Gasteiger partial charge in [0.25, 0.3) is 0 Å². The SMILES string of the molecule is CCOC(=O)C1=C(CN2CCC(C(=O)OCC)CC2)N(CC)C(=O)N[C@H]1c1ccc(C(C)C)cc1. The lowest BCUT2D eigenvalue weighted by Gasteiger charge is -2.39. The molecule has 2 aliphatic heterocycles. The van der Waals surface area contributed by atoms with E-state index in [1.54, 1.807) is 11.8 Å². The second-order valence-corrected chi connectivity index (χ2v) is 9.33. The number of likely N-dealkylation sites (N-methyl/N-ethyl adjacent to an activating group) is 1. The highest BCUT2D eigenvalue weighted by Crippen LogP contribution is 2.33. The topological polar surface area (TPSA) is 88.2 Å². The second-order valence-electron chi connectivity index (χ2n) is 9.33. The summed E-state index contributed by atoms with van der Waals surface area (Å²) in [6.45, 7) is 12.6. The fraction of sp³-hybridized carbons (Fsp3) is 0.593. The van der Waals surface area contributed by atoms with Gasteiger partial charge in [-0.05, 0) is 63.7 Å². The van der Waals surface area contributed by atoms with Crippen LogP contribution in [-0.4, -0.2) is 67.2 Å². The van der Waals surface area contributed by atoms with E-state index in [0.29, 0.717) is 62.8 Å². The van der Waals surface area contributed by atoms with Gasteiger partial charge in [-0.1, -0.05) is 38.1 Å². The minimum Gasteiger partial charge on any atom is -0.466 e. The molecule has 1 saturated heterocycles. The van der Waals surface area contributed by atoms with E-state index >= 15 is 0 Å². The van der Waals surface area contributed by atoms with Crippen molar-refractivity contribution in [3.8, 4) is 0 Å². The van der Waals surface area contributed by atoms with Crippen LogP contribution in [0.2, 0.25) is 0 Å². The van der Waals surface area contributed by atoms with E-state index in [1.807, 2.05) is 38.1 Å². The van der Waals surface area contributed by atoms with Crippen LogP contribution in [0.5, 0.6) is 0 Å². The van der Waals surface area contributed by atoms with Crippen LogP contribution in [-0.2, 0) is 19.1 Å². The molecular weight excluding hydrogens is 446 g/mol. The molecule has 0 aliphatic carbocycles. The third-order valence-electron chi connectivity index (χ3n) is 6.77. The molecule has 0 aromatic heterocycles. The Morgan fingerprint density at radius 3 is 2.20 bits per heavy atom. The summed E-state index contributed by atoms with van der Waals surface area (Å²) in [5.74, 6) is -0.279. The third-order valence-corrected chi connectivity index (χ3v) is 6.77. The van der Waals surface area contributed by atoms with Gasteiger partial charge in [-0.3, -0.25) is 14.6 Å². The quantitative estimate of drug-likeness (QED) is 0.532. The summed E-state index contributed by atoms with van der Waals surface area (Å²) >= 11 is 0. The van der Waals surface area contributed by atoms with Crippen LogP contribution in [0.1, 0.15) is 70.5 Å². The number of hydrogen-bond acceptors (Lipinski definition) is 6. The Balaban J connectivity index is 1.93. The lowest BCUT2D eigenvalue weighted by Crippen LogP contribution is -2.51. The molecule has 8 heteroatoms. The average molecular weight is 486 g/mol. The number of esters is 2. The van der Waals surface area contributed by atoms with E-state index in [4.69, 9.17) is 9.47 Å². The number of urea groups is 1. The van der Waals surface area contributed by atoms with Gasteiger partial charge in [-0.15, -0.1) is 0 Å². The van der Waals surface area contributed by atoms with Gasteiger partial charge >= 0.3 is 18.0 Å². The van der Waals surface area contributed by atoms with E-state index in [9.17, 15) is 14.4 Å². The summed E-state index contributed by atoms with van der Waals surface area (Å²) in [7, 11) is 0. The summed E-state index contributed by atoms with van der Waals surface area (Å²) in [5, 5.41) is 3.02. The molecule has 3 rings (SSSR count). The molecule has 2 aliphatic rings. The fourth-order valence-corrected chi connectivity index (χ4v) is 4.78. The molecule has 1 N–H and O–H groups in total. The van der Waals surface area contributed by atoms with Crippen molar-refractivity contribution in [2.45, 2.75) is 59.4 Å². The van der Waals surface area contributed by atoms with Crippen LogP contribution in [0.4, 0.5) is 4.79 Å². The highest BCUT2D eigenvalue weighted by atomic mass is 16.5. The Hall–Kier alpha value is -2.87. The Bertz CT molecular complexity index is 933. The van der Waals surface area contributed by atoms with Crippen LogP contribution >= 0.6 is 0 Å². The zero-order valence-corrected chi connectivity index (χ0v) is 21.6. The van der Waals surface area contributed by atoms with Gasteiger partial charge in [0.2, 0.25) is 0 Å². The highest BCUT2D eigenvalue weighted by Gasteiger charge is 2.39. The van der Waals surface area contributed by atoms with Crippen molar-refractivity contribution in [3.63, 3.8) is 0 Å². The Morgan fingerprint density at radius 2 is 1.66 bits per heavy atom. The Labute approximate surface area is 208 Å². The molecule has 1 aromatic rings. The predicted octanol–water partition coefficient (Wildman–Crippen LogP) is 3.99. The molecule has 2 amide bonds. The molecule has 0 bridgehead atoms. The molecule has 1 fully saturated rings. The van der Waals surface area contributed by atoms with E-state index in [-0.39, 0.29) is 24.5 Å². The fourth-order valence-electron chi connectivity index (χ4n) is 4.78. The first-order valence-electron chi connectivity index (χ1n) is 12.8. The maximum absolute atomic E-state index is 13.3. The second kappa shape index (κ2) is 12.2. The number of hydrogen-bond donors (Lipinski definition) is 1. The normalized spacial score (nSPS) is 19.7. The number of nitrogens with one attached hydrogen (secondary N) is 1. The number of carbonyl (C=O) groups is 3. The summed E-state index contributed by atoms with van der Waals surface area (Å²) in [5.41, 5.74) is 3.18. The number of carbonyl (C=O) groups excluding carboxylic acids is 3. The van der Waals surface area contributed by atoms with Crippen molar-refractivity contribution < 1.29 is 23.9 Å². The number of amides is 2. The van der Waals surface area contributed by atoms with E-state index in [0.717, 1.165) is 5.56 Å². The van der Waals surface area contributed by atoms with Gasteiger partial charge in [0, 0.05) is 18.8 Å². The van der Waals surface area contributed by atoms with Gasteiger partial charge < -0.3 is 14.8 Å². The summed E-state index contributed by atoms with van der Waals surface area (Å²) in [6.07, 6.45) is 1.39. The molecule has 0 radical (unpaired) electrons. The number of benzene rings is 1. The number of ether oxygens (including phenoxy) is 2. The van der Waals surface area contributed by atoms with Crippen molar-refractivity contribution in [2.24, 2.45) is 5.92 Å². The zero-order chi connectivity index (χ0) is 25.5. The Kier molecular flexibility index (Phi) is 9.32. The number of nitrogens with zero attached hydrogens (tertiary/aromatic N) is 2.